The van der Waals surface area contributed by atoms with Crippen LogP contribution in [0.3, 0.4) is 0 Å². The van der Waals surface area contributed by atoms with Crippen molar-refractivity contribution >= 4 is 5.78 Å². The Labute approximate surface area is 108 Å². The lowest BCUT2D eigenvalue weighted by Gasteiger charge is -2.19. The maximum Gasteiger partial charge on any atom is 0.160 e. The third-order valence-electron chi connectivity index (χ3n) is 3.63. The minimum Gasteiger partial charge on any atom is -0.493 e. The predicted molar refractivity (Wildman–Crippen MR) is 70.0 cm³/mol. The first-order valence-corrected chi connectivity index (χ1v) is 6.76. The molecule has 1 heterocycles. The smallest absolute Gasteiger partial charge is 0.160 e. The van der Waals surface area contributed by atoms with Crippen LogP contribution in [0, 0.1) is 0 Å². The number of aromatic nitrogens is 2. The van der Waals surface area contributed by atoms with Gasteiger partial charge in [0.15, 0.2) is 5.75 Å². The molecule has 1 aromatic rings. The minimum absolute atomic E-state index is 0.264. The molecule has 1 aliphatic rings. The number of rotatable bonds is 3. The van der Waals surface area contributed by atoms with E-state index in [-0.39, 0.29) is 5.92 Å². The van der Waals surface area contributed by atoms with Crippen molar-refractivity contribution < 1.29 is 9.53 Å². The van der Waals surface area contributed by atoms with Gasteiger partial charge in [-0.25, -0.2) is 0 Å². The summed E-state index contributed by atoms with van der Waals surface area (Å²) in [5, 5.41) is 4.40. The molecular weight excluding hydrogens is 228 g/mol. The summed E-state index contributed by atoms with van der Waals surface area (Å²) in [6.45, 7) is 4.21. The SMILES string of the molecule is COc1cnn(C(C)C)c1C1CCCCC(=O)C1. The van der Waals surface area contributed by atoms with Gasteiger partial charge in [-0.1, -0.05) is 6.42 Å². The quantitative estimate of drug-likeness (QED) is 0.774. The van der Waals surface area contributed by atoms with E-state index in [1.807, 2.05) is 4.68 Å². The van der Waals surface area contributed by atoms with Gasteiger partial charge in [0.1, 0.15) is 5.78 Å². The fourth-order valence-electron chi connectivity index (χ4n) is 2.74. The highest BCUT2D eigenvalue weighted by Crippen LogP contribution is 2.36. The number of ketones is 1. The Morgan fingerprint density at radius 1 is 1.44 bits per heavy atom. The Bertz CT molecular complexity index is 423. The number of Topliss-reactive ketones (excluding diaryl/α,β-unsaturated/α-hetero) is 1. The van der Waals surface area contributed by atoms with Gasteiger partial charge >= 0.3 is 0 Å². The van der Waals surface area contributed by atoms with Crippen molar-refractivity contribution in [3.63, 3.8) is 0 Å². The van der Waals surface area contributed by atoms with Crippen molar-refractivity contribution in [2.75, 3.05) is 7.11 Å². The molecule has 0 bridgehead atoms. The van der Waals surface area contributed by atoms with Crippen LogP contribution >= 0.6 is 0 Å². The zero-order chi connectivity index (χ0) is 13.1. The summed E-state index contributed by atoms with van der Waals surface area (Å²) >= 11 is 0. The first-order chi connectivity index (χ1) is 8.63. The molecule has 0 N–H and O–H groups in total. The molecule has 0 amide bonds. The molecule has 1 unspecified atom stereocenters. The zero-order valence-corrected chi connectivity index (χ0v) is 11.5. The highest BCUT2D eigenvalue weighted by molar-refractivity contribution is 5.79. The van der Waals surface area contributed by atoms with Crippen molar-refractivity contribution in [3.05, 3.63) is 11.9 Å². The Balaban J connectivity index is 2.34. The van der Waals surface area contributed by atoms with E-state index in [9.17, 15) is 4.79 Å². The van der Waals surface area contributed by atoms with Crippen LogP contribution in [0.25, 0.3) is 0 Å². The molecule has 2 rings (SSSR count). The van der Waals surface area contributed by atoms with Crippen molar-refractivity contribution in [1.82, 2.24) is 9.78 Å². The highest BCUT2D eigenvalue weighted by Gasteiger charge is 2.26. The lowest BCUT2D eigenvalue weighted by atomic mass is 9.95. The summed E-state index contributed by atoms with van der Waals surface area (Å²) in [5.41, 5.74) is 1.10. The maximum atomic E-state index is 11.8. The lowest BCUT2D eigenvalue weighted by molar-refractivity contribution is -0.119. The van der Waals surface area contributed by atoms with Crippen molar-refractivity contribution in [2.24, 2.45) is 0 Å². The Hall–Kier alpha value is -1.32. The second kappa shape index (κ2) is 5.55. The van der Waals surface area contributed by atoms with Gasteiger partial charge in [0.2, 0.25) is 0 Å². The van der Waals surface area contributed by atoms with Gasteiger partial charge in [-0.15, -0.1) is 0 Å². The van der Waals surface area contributed by atoms with Gasteiger partial charge in [-0.2, -0.15) is 5.10 Å². The third kappa shape index (κ3) is 2.57. The van der Waals surface area contributed by atoms with E-state index in [0.29, 0.717) is 18.2 Å². The van der Waals surface area contributed by atoms with Gasteiger partial charge in [0, 0.05) is 24.8 Å². The Morgan fingerprint density at radius 3 is 2.89 bits per heavy atom. The molecule has 0 saturated heterocycles. The van der Waals surface area contributed by atoms with Crippen LogP contribution in [0.5, 0.6) is 5.75 Å². The molecular formula is C14H22N2O2. The zero-order valence-electron chi connectivity index (χ0n) is 11.5. The largest absolute Gasteiger partial charge is 0.493 e. The molecule has 1 saturated carbocycles. The number of hydrogen-bond acceptors (Lipinski definition) is 3. The van der Waals surface area contributed by atoms with E-state index >= 15 is 0 Å². The number of nitrogens with zero attached hydrogens (tertiary/aromatic N) is 2. The average Bonchev–Trinajstić information content (AvgIpc) is 2.66. The second-order valence-corrected chi connectivity index (χ2v) is 5.32. The maximum absolute atomic E-state index is 11.8. The Kier molecular flexibility index (Phi) is 4.04. The predicted octanol–water partition coefficient (Wildman–Crippen LogP) is 3.09. The second-order valence-electron chi connectivity index (χ2n) is 5.32. The van der Waals surface area contributed by atoms with Crippen LogP contribution in [-0.4, -0.2) is 22.7 Å². The van der Waals surface area contributed by atoms with E-state index in [1.54, 1.807) is 13.3 Å². The van der Waals surface area contributed by atoms with Crippen LogP contribution in [0.15, 0.2) is 6.20 Å². The van der Waals surface area contributed by atoms with Crippen LogP contribution in [-0.2, 0) is 4.79 Å². The van der Waals surface area contributed by atoms with E-state index < -0.39 is 0 Å². The molecule has 0 spiro atoms. The molecule has 100 valence electrons. The molecule has 1 atom stereocenters. The number of ether oxygens (including phenoxy) is 1. The molecule has 1 aliphatic carbocycles. The summed E-state index contributed by atoms with van der Waals surface area (Å²) in [7, 11) is 1.67. The van der Waals surface area contributed by atoms with Crippen LogP contribution < -0.4 is 4.74 Å². The van der Waals surface area contributed by atoms with Crippen LogP contribution in [0.2, 0.25) is 0 Å². The van der Waals surface area contributed by atoms with Gasteiger partial charge in [-0.05, 0) is 26.7 Å². The summed E-state index contributed by atoms with van der Waals surface area (Å²) in [6, 6.07) is 0.294. The summed E-state index contributed by atoms with van der Waals surface area (Å²) in [5.74, 6) is 1.46. The van der Waals surface area contributed by atoms with Crippen LogP contribution in [0.4, 0.5) is 0 Å². The third-order valence-corrected chi connectivity index (χ3v) is 3.63. The Morgan fingerprint density at radius 2 is 2.22 bits per heavy atom. The van der Waals surface area contributed by atoms with E-state index in [1.165, 1.54) is 0 Å². The first kappa shape index (κ1) is 13.1. The molecule has 1 aromatic heterocycles. The summed E-state index contributed by atoms with van der Waals surface area (Å²) < 4.78 is 7.41. The standard InChI is InChI=1S/C14H22N2O2/c1-10(2)16-14(13(18-3)9-15-16)11-6-4-5-7-12(17)8-11/h9-11H,4-8H2,1-3H3. The number of carbonyl (C=O) groups is 1. The fraction of sp³-hybridized carbons (Fsp3) is 0.714. The number of carbonyl (C=O) groups excluding carboxylic acids is 1. The van der Waals surface area contributed by atoms with Gasteiger partial charge in [0.05, 0.1) is 19.0 Å². The minimum atomic E-state index is 0.264. The van der Waals surface area contributed by atoms with E-state index in [0.717, 1.165) is 37.1 Å². The van der Waals surface area contributed by atoms with Gasteiger partial charge in [0.25, 0.3) is 0 Å². The van der Waals surface area contributed by atoms with Crippen molar-refractivity contribution in [3.8, 4) is 5.75 Å². The van der Waals surface area contributed by atoms with E-state index in [4.69, 9.17) is 4.74 Å². The molecule has 4 heteroatoms. The first-order valence-electron chi connectivity index (χ1n) is 6.76. The van der Waals surface area contributed by atoms with Crippen molar-refractivity contribution in [2.45, 2.75) is 57.9 Å². The number of hydrogen-bond donors (Lipinski definition) is 0. The molecule has 1 fully saturated rings. The normalized spacial score (nSPS) is 21.1. The monoisotopic (exact) mass is 250 g/mol. The summed E-state index contributed by atoms with van der Waals surface area (Å²) in [4.78, 5) is 11.8. The lowest BCUT2D eigenvalue weighted by Crippen LogP contribution is -2.14. The van der Waals surface area contributed by atoms with Crippen molar-refractivity contribution in [1.29, 1.82) is 0 Å². The molecule has 4 nitrogen and oxygen atoms in total. The fourth-order valence-corrected chi connectivity index (χ4v) is 2.74. The molecule has 0 aromatic carbocycles. The topological polar surface area (TPSA) is 44.1 Å². The van der Waals surface area contributed by atoms with Gasteiger partial charge < -0.3 is 4.74 Å². The van der Waals surface area contributed by atoms with Crippen LogP contribution in [0.1, 0.15) is 63.6 Å². The molecule has 0 aliphatic heterocycles. The molecule has 0 radical (unpaired) electrons. The highest BCUT2D eigenvalue weighted by atomic mass is 16.5. The summed E-state index contributed by atoms with van der Waals surface area (Å²) in [6.07, 6.45) is 6.32. The molecule has 18 heavy (non-hydrogen) atoms. The van der Waals surface area contributed by atoms with Gasteiger partial charge in [-0.3, -0.25) is 9.48 Å². The van der Waals surface area contributed by atoms with E-state index in [2.05, 4.69) is 18.9 Å². The average molecular weight is 250 g/mol. The number of methoxy groups -OCH3 is 1.